The first kappa shape index (κ1) is 19.8. The minimum atomic E-state index is 0.492. The maximum absolute atomic E-state index is 5.50. The molecule has 6 heteroatoms. The maximum Gasteiger partial charge on any atom is 0.194 e. The van der Waals surface area contributed by atoms with Crippen LogP contribution >= 0.6 is 0 Å². The first-order valence-electron chi connectivity index (χ1n) is 9.70. The Morgan fingerprint density at radius 3 is 2.48 bits per heavy atom. The third kappa shape index (κ3) is 5.73. The van der Waals surface area contributed by atoms with Crippen LogP contribution in [0.1, 0.15) is 57.9 Å². The highest BCUT2D eigenvalue weighted by Gasteiger charge is 2.20. The van der Waals surface area contributed by atoms with Gasteiger partial charge in [0.25, 0.3) is 0 Å². The van der Waals surface area contributed by atoms with Gasteiger partial charge in [-0.05, 0) is 18.8 Å². The molecular weight excluding hydrogens is 314 g/mol. The Labute approximate surface area is 152 Å². The summed E-state index contributed by atoms with van der Waals surface area (Å²) in [5, 5.41) is 7.66. The fourth-order valence-electron chi connectivity index (χ4n) is 3.47. The van der Waals surface area contributed by atoms with Gasteiger partial charge in [-0.3, -0.25) is 9.89 Å². The topological polar surface area (TPSA) is 56.9 Å². The zero-order chi connectivity index (χ0) is 18.2. The van der Waals surface area contributed by atoms with Crippen LogP contribution in [0.4, 0.5) is 0 Å². The molecule has 2 heterocycles. The molecule has 1 aliphatic rings. The van der Waals surface area contributed by atoms with Gasteiger partial charge >= 0.3 is 0 Å². The molecule has 0 spiro atoms. The number of aromatic nitrogens is 1. The fraction of sp³-hybridized carbons (Fsp3) is 0.789. The molecule has 0 bridgehead atoms. The molecule has 0 aliphatic carbocycles. The largest absolute Gasteiger partial charge is 0.359 e. The van der Waals surface area contributed by atoms with E-state index in [9.17, 15) is 0 Å². The molecule has 0 radical (unpaired) electrons. The Bertz CT molecular complexity index is 528. The van der Waals surface area contributed by atoms with Gasteiger partial charge < -0.3 is 14.7 Å². The molecule has 0 amide bonds. The van der Waals surface area contributed by atoms with Gasteiger partial charge in [-0.15, -0.1) is 0 Å². The highest BCUT2D eigenvalue weighted by Crippen LogP contribution is 2.22. The van der Waals surface area contributed by atoms with Crippen molar-refractivity contribution in [2.45, 2.75) is 53.0 Å². The lowest BCUT2D eigenvalue weighted by atomic mass is 9.99. The third-order valence-electron chi connectivity index (χ3n) is 4.91. The second kappa shape index (κ2) is 9.80. The first-order valence-corrected chi connectivity index (χ1v) is 9.70. The lowest BCUT2D eigenvalue weighted by molar-refractivity contribution is 0.163. The normalized spacial score (nSPS) is 16.9. The first-order chi connectivity index (χ1) is 12.1. The molecule has 1 fully saturated rings. The summed E-state index contributed by atoms with van der Waals surface area (Å²) in [6.07, 6.45) is 2.19. The van der Waals surface area contributed by atoms with Crippen LogP contribution in [0.25, 0.3) is 0 Å². The van der Waals surface area contributed by atoms with Crippen molar-refractivity contribution in [1.29, 1.82) is 0 Å². The van der Waals surface area contributed by atoms with Crippen LogP contribution in [0.2, 0.25) is 0 Å². The van der Waals surface area contributed by atoms with Crippen LogP contribution in [0, 0.1) is 5.92 Å². The van der Waals surface area contributed by atoms with E-state index in [0.29, 0.717) is 12.5 Å². The zero-order valence-electron chi connectivity index (χ0n) is 16.6. The highest BCUT2D eigenvalue weighted by molar-refractivity contribution is 5.79. The van der Waals surface area contributed by atoms with Gasteiger partial charge in [-0.1, -0.05) is 32.9 Å². The minimum absolute atomic E-state index is 0.492. The molecule has 2 rings (SSSR count). The van der Waals surface area contributed by atoms with Gasteiger partial charge in [0.15, 0.2) is 11.7 Å². The quantitative estimate of drug-likeness (QED) is 0.606. The molecular formula is C19H35N5O. The SMILES string of the molecule is CCC(CC)c1cc(CNC(=NC)N2CCN(CC(C)C)CC2)on1. The van der Waals surface area contributed by atoms with Crippen molar-refractivity contribution < 1.29 is 4.52 Å². The summed E-state index contributed by atoms with van der Waals surface area (Å²) >= 11 is 0. The summed E-state index contributed by atoms with van der Waals surface area (Å²) in [5.41, 5.74) is 1.07. The average Bonchev–Trinajstić information content (AvgIpc) is 3.06. The molecule has 0 unspecified atom stereocenters. The second-order valence-corrected chi connectivity index (χ2v) is 7.31. The molecule has 1 N–H and O–H groups in total. The summed E-state index contributed by atoms with van der Waals surface area (Å²) in [6.45, 7) is 15.0. The number of hydrogen-bond donors (Lipinski definition) is 1. The molecule has 1 aliphatic heterocycles. The Hall–Kier alpha value is -1.56. The molecule has 0 atom stereocenters. The van der Waals surface area contributed by atoms with Crippen molar-refractivity contribution in [3.05, 3.63) is 17.5 Å². The van der Waals surface area contributed by atoms with Crippen LogP contribution < -0.4 is 5.32 Å². The van der Waals surface area contributed by atoms with Gasteiger partial charge in [-0.25, -0.2) is 0 Å². The molecule has 1 aromatic rings. The summed E-state index contributed by atoms with van der Waals surface area (Å²) in [4.78, 5) is 9.30. The Morgan fingerprint density at radius 2 is 1.92 bits per heavy atom. The Balaban J connectivity index is 1.83. The van der Waals surface area contributed by atoms with E-state index in [1.165, 1.54) is 6.54 Å². The van der Waals surface area contributed by atoms with Crippen LogP contribution in [-0.2, 0) is 6.54 Å². The highest BCUT2D eigenvalue weighted by atomic mass is 16.5. The predicted molar refractivity (Wildman–Crippen MR) is 103 cm³/mol. The molecule has 1 aromatic heterocycles. The summed E-state index contributed by atoms with van der Waals surface area (Å²) in [7, 11) is 1.85. The van der Waals surface area contributed by atoms with Gasteiger partial charge in [0.2, 0.25) is 0 Å². The number of piperazine rings is 1. The third-order valence-corrected chi connectivity index (χ3v) is 4.91. The molecule has 142 valence electrons. The molecule has 0 saturated carbocycles. The van der Waals surface area contributed by atoms with Crippen LogP contribution in [-0.4, -0.2) is 60.7 Å². The molecule has 1 saturated heterocycles. The van der Waals surface area contributed by atoms with Crippen molar-refractivity contribution in [2.24, 2.45) is 10.9 Å². The number of hydrogen-bond acceptors (Lipinski definition) is 4. The average molecular weight is 350 g/mol. The van der Waals surface area contributed by atoms with Gasteiger partial charge in [0.1, 0.15) is 0 Å². The van der Waals surface area contributed by atoms with Crippen LogP contribution in [0.5, 0.6) is 0 Å². The maximum atomic E-state index is 5.50. The van der Waals surface area contributed by atoms with Crippen molar-refractivity contribution in [2.75, 3.05) is 39.8 Å². The van der Waals surface area contributed by atoms with Gasteiger partial charge in [-0.2, -0.15) is 0 Å². The van der Waals surface area contributed by atoms with Gasteiger partial charge in [0, 0.05) is 51.8 Å². The van der Waals surface area contributed by atoms with Crippen LogP contribution in [0.3, 0.4) is 0 Å². The smallest absolute Gasteiger partial charge is 0.194 e. The van der Waals surface area contributed by atoms with E-state index in [0.717, 1.165) is 62.4 Å². The standard InChI is InChI=1S/C19H35N5O/c1-6-16(7-2)18-12-17(25-22-18)13-21-19(20-5)24-10-8-23(9-11-24)14-15(3)4/h12,15-16H,6-11,13-14H2,1-5H3,(H,20,21). The van der Waals surface area contributed by atoms with E-state index in [-0.39, 0.29) is 0 Å². The summed E-state index contributed by atoms with van der Waals surface area (Å²) < 4.78 is 5.50. The van der Waals surface area contributed by atoms with Crippen molar-refractivity contribution in [3.63, 3.8) is 0 Å². The predicted octanol–water partition coefficient (Wildman–Crippen LogP) is 2.93. The number of guanidine groups is 1. The molecule has 25 heavy (non-hydrogen) atoms. The lowest BCUT2D eigenvalue weighted by Crippen LogP contribution is -2.52. The van der Waals surface area contributed by atoms with Crippen molar-refractivity contribution in [1.82, 2.24) is 20.3 Å². The Kier molecular flexibility index (Phi) is 7.75. The van der Waals surface area contributed by atoms with Crippen molar-refractivity contribution >= 4 is 5.96 Å². The summed E-state index contributed by atoms with van der Waals surface area (Å²) in [5.74, 6) is 3.04. The Morgan fingerprint density at radius 1 is 1.24 bits per heavy atom. The minimum Gasteiger partial charge on any atom is -0.359 e. The number of rotatable bonds is 7. The van der Waals surface area contributed by atoms with Crippen LogP contribution in [0.15, 0.2) is 15.6 Å². The number of aliphatic imine (C=N–C) groups is 1. The van der Waals surface area contributed by atoms with Gasteiger partial charge in [0.05, 0.1) is 12.2 Å². The molecule has 0 aromatic carbocycles. The molecule has 6 nitrogen and oxygen atoms in total. The van der Waals surface area contributed by atoms with E-state index in [4.69, 9.17) is 4.52 Å². The van der Waals surface area contributed by atoms with Crippen molar-refractivity contribution in [3.8, 4) is 0 Å². The van der Waals surface area contributed by atoms with E-state index in [1.54, 1.807) is 0 Å². The zero-order valence-corrected chi connectivity index (χ0v) is 16.6. The van der Waals surface area contributed by atoms with E-state index < -0.39 is 0 Å². The lowest BCUT2D eigenvalue weighted by Gasteiger charge is -2.37. The van der Waals surface area contributed by atoms with E-state index >= 15 is 0 Å². The fourth-order valence-corrected chi connectivity index (χ4v) is 3.47. The second-order valence-electron chi connectivity index (χ2n) is 7.31. The summed E-state index contributed by atoms with van der Waals surface area (Å²) in [6, 6.07) is 2.08. The monoisotopic (exact) mass is 349 g/mol. The number of nitrogens with zero attached hydrogens (tertiary/aromatic N) is 4. The van der Waals surface area contributed by atoms with E-state index in [1.807, 2.05) is 7.05 Å². The van der Waals surface area contributed by atoms with E-state index in [2.05, 4.69) is 59.0 Å². The number of nitrogens with one attached hydrogen (secondary N) is 1.